The van der Waals surface area contributed by atoms with E-state index in [1.54, 1.807) is 0 Å². The van der Waals surface area contributed by atoms with E-state index in [4.69, 9.17) is 0 Å². The molecule has 2 unspecified atom stereocenters. The van der Waals surface area contributed by atoms with Crippen molar-refractivity contribution in [1.29, 1.82) is 0 Å². The molecule has 2 atom stereocenters. The molecule has 2 N–H and O–H groups in total. The van der Waals surface area contributed by atoms with E-state index in [9.17, 15) is 9.90 Å². The van der Waals surface area contributed by atoms with E-state index < -0.39 is 6.10 Å². The quantitative estimate of drug-likeness (QED) is 0.856. The Morgan fingerprint density at radius 2 is 2.17 bits per heavy atom. The lowest BCUT2D eigenvalue weighted by Gasteiger charge is -2.22. The average Bonchev–Trinajstić information content (AvgIpc) is 3.21. The second-order valence-corrected chi connectivity index (χ2v) is 5.56. The summed E-state index contributed by atoms with van der Waals surface area (Å²) in [7, 11) is 0. The van der Waals surface area contributed by atoms with Crippen LogP contribution < -0.4 is 5.32 Å². The number of aliphatic hydroxyl groups is 1. The van der Waals surface area contributed by atoms with Gasteiger partial charge in [0.25, 0.3) is 5.91 Å². The Bertz CT molecular complexity index is 479. The Morgan fingerprint density at radius 1 is 1.39 bits per heavy atom. The second kappa shape index (κ2) is 4.39. The van der Waals surface area contributed by atoms with E-state index in [0.29, 0.717) is 12.5 Å². The fourth-order valence-corrected chi connectivity index (χ4v) is 2.80. The molecule has 1 heterocycles. The van der Waals surface area contributed by atoms with Crippen LogP contribution in [-0.4, -0.2) is 17.6 Å². The van der Waals surface area contributed by atoms with Gasteiger partial charge in [0.05, 0.1) is 6.10 Å². The Kier molecular flexibility index (Phi) is 2.86. The topological polar surface area (TPSA) is 49.3 Å². The summed E-state index contributed by atoms with van der Waals surface area (Å²) < 4.78 is 0. The lowest BCUT2D eigenvalue weighted by molar-refractivity contribution is 0.0942. The van der Waals surface area contributed by atoms with E-state index in [0.717, 1.165) is 23.1 Å². The molecule has 1 aliphatic heterocycles. The maximum Gasteiger partial charge on any atom is 0.251 e. The van der Waals surface area contributed by atoms with Gasteiger partial charge >= 0.3 is 0 Å². The Hall–Kier alpha value is -1.35. The molecule has 1 amide bonds. The summed E-state index contributed by atoms with van der Waals surface area (Å²) >= 11 is 0. The van der Waals surface area contributed by atoms with Crippen LogP contribution in [-0.2, 0) is 6.42 Å². The minimum Gasteiger partial charge on any atom is -0.388 e. The monoisotopic (exact) mass is 245 g/mol. The minimum atomic E-state index is -0.447. The van der Waals surface area contributed by atoms with Crippen LogP contribution in [0.5, 0.6) is 0 Å². The Balaban J connectivity index is 1.88. The first-order valence-electron chi connectivity index (χ1n) is 6.76. The van der Waals surface area contributed by atoms with Crippen molar-refractivity contribution in [3.05, 3.63) is 34.9 Å². The van der Waals surface area contributed by atoms with Crippen LogP contribution in [0.25, 0.3) is 0 Å². The smallest absolute Gasteiger partial charge is 0.251 e. The first kappa shape index (κ1) is 11.7. The molecule has 18 heavy (non-hydrogen) atoms. The van der Waals surface area contributed by atoms with Crippen molar-refractivity contribution in [2.75, 3.05) is 6.54 Å². The summed E-state index contributed by atoms with van der Waals surface area (Å²) in [6, 6.07) is 5.83. The molecule has 0 saturated heterocycles. The number of amides is 1. The van der Waals surface area contributed by atoms with Crippen molar-refractivity contribution in [3.8, 4) is 0 Å². The molecule has 1 aromatic carbocycles. The predicted octanol–water partition coefficient (Wildman–Crippen LogP) is 2.05. The SMILES string of the molecule is CC(C1CC1)C(O)c1ccc2c(c1)C(=O)NCC2. The maximum atomic E-state index is 11.8. The summed E-state index contributed by atoms with van der Waals surface area (Å²) in [5.74, 6) is 0.934. The van der Waals surface area contributed by atoms with Crippen LogP contribution in [0.1, 0.15) is 47.4 Å². The summed E-state index contributed by atoms with van der Waals surface area (Å²) in [4.78, 5) is 11.8. The van der Waals surface area contributed by atoms with Gasteiger partial charge in [-0.25, -0.2) is 0 Å². The van der Waals surface area contributed by atoms with Gasteiger partial charge in [-0.05, 0) is 48.3 Å². The van der Waals surface area contributed by atoms with Crippen molar-refractivity contribution in [2.45, 2.75) is 32.3 Å². The molecular formula is C15H19NO2. The van der Waals surface area contributed by atoms with Crippen molar-refractivity contribution in [3.63, 3.8) is 0 Å². The number of hydrogen-bond donors (Lipinski definition) is 2. The highest BCUT2D eigenvalue weighted by Gasteiger charge is 2.33. The van der Waals surface area contributed by atoms with Crippen molar-refractivity contribution >= 4 is 5.91 Å². The normalized spacial score (nSPS) is 22.0. The highest BCUT2D eigenvalue weighted by atomic mass is 16.3. The minimum absolute atomic E-state index is 0.00984. The van der Waals surface area contributed by atoms with Gasteiger partial charge in [-0.1, -0.05) is 19.1 Å². The highest BCUT2D eigenvalue weighted by molar-refractivity contribution is 5.96. The lowest BCUT2D eigenvalue weighted by atomic mass is 9.90. The molecular weight excluding hydrogens is 226 g/mol. The molecule has 3 rings (SSSR count). The molecule has 3 nitrogen and oxygen atoms in total. The number of carbonyl (C=O) groups is 1. The molecule has 1 aliphatic carbocycles. The number of hydrogen-bond acceptors (Lipinski definition) is 2. The first-order valence-corrected chi connectivity index (χ1v) is 6.76. The molecule has 2 aliphatic rings. The summed E-state index contributed by atoms with van der Waals surface area (Å²) in [5.41, 5.74) is 2.71. The number of benzene rings is 1. The molecule has 3 heteroatoms. The van der Waals surface area contributed by atoms with E-state index in [1.165, 1.54) is 12.8 Å². The van der Waals surface area contributed by atoms with Crippen molar-refractivity contribution < 1.29 is 9.90 Å². The van der Waals surface area contributed by atoms with Gasteiger partial charge in [0.1, 0.15) is 0 Å². The number of fused-ring (bicyclic) bond motifs is 1. The third kappa shape index (κ3) is 2.03. The Morgan fingerprint density at radius 3 is 2.89 bits per heavy atom. The van der Waals surface area contributed by atoms with Crippen LogP contribution in [0.2, 0.25) is 0 Å². The molecule has 0 spiro atoms. The fraction of sp³-hybridized carbons (Fsp3) is 0.533. The number of carbonyl (C=O) groups excluding carboxylic acids is 1. The molecule has 1 saturated carbocycles. The van der Waals surface area contributed by atoms with E-state index in [2.05, 4.69) is 12.2 Å². The zero-order valence-corrected chi connectivity index (χ0v) is 10.6. The van der Waals surface area contributed by atoms with Crippen LogP contribution in [0, 0.1) is 11.8 Å². The summed E-state index contributed by atoms with van der Waals surface area (Å²) in [6.07, 6.45) is 2.89. The maximum absolute atomic E-state index is 11.8. The van der Waals surface area contributed by atoms with Gasteiger partial charge in [0.2, 0.25) is 0 Å². The third-order valence-corrected chi connectivity index (χ3v) is 4.26. The van der Waals surface area contributed by atoms with Gasteiger partial charge in [-0.3, -0.25) is 4.79 Å². The first-order chi connectivity index (χ1) is 8.66. The zero-order chi connectivity index (χ0) is 12.7. The number of aliphatic hydroxyl groups excluding tert-OH is 1. The number of rotatable bonds is 3. The van der Waals surface area contributed by atoms with Crippen LogP contribution >= 0.6 is 0 Å². The molecule has 1 aromatic rings. The average molecular weight is 245 g/mol. The fourth-order valence-electron chi connectivity index (χ4n) is 2.80. The van der Waals surface area contributed by atoms with Crippen LogP contribution in [0.4, 0.5) is 0 Å². The van der Waals surface area contributed by atoms with Gasteiger partial charge in [0, 0.05) is 12.1 Å². The lowest BCUT2D eigenvalue weighted by Crippen LogP contribution is -2.32. The van der Waals surface area contributed by atoms with Crippen molar-refractivity contribution in [1.82, 2.24) is 5.32 Å². The zero-order valence-electron chi connectivity index (χ0n) is 10.6. The molecule has 0 aromatic heterocycles. The van der Waals surface area contributed by atoms with Gasteiger partial charge < -0.3 is 10.4 Å². The molecule has 96 valence electrons. The number of nitrogens with one attached hydrogen (secondary N) is 1. The van der Waals surface area contributed by atoms with Gasteiger partial charge in [-0.2, -0.15) is 0 Å². The predicted molar refractivity (Wildman–Crippen MR) is 69.3 cm³/mol. The molecule has 0 radical (unpaired) electrons. The van der Waals surface area contributed by atoms with Gasteiger partial charge in [0.15, 0.2) is 0 Å². The Labute approximate surface area is 107 Å². The van der Waals surface area contributed by atoms with Crippen molar-refractivity contribution in [2.24, 2.45) is 11.8 Å². The van der Waals surface area contributed by atoms with E-state index in [-0.39, 0.29) is 11.8 Å². The summed E-state index contributed by atoms with van der Waals surface area (Å²) in [6.45, 7) is 2.81. The standard InChI is InChI=1S/C15H19NO2/c1-9(10-2-3-10)14(17)12-5-4-11-6-7-16-15(18)13(11)8-12/h4-5,8-10,14,17H,2-3,6-7H2,1H3,(H,16,18). The summed E-state index contributed by atoms with van der Waals surface area (Å²) in [5, 5.41) is 13.2. The van der Waals surface area contributed by atoms with E-state index in [1.807, 2.05) is 18.2 Å². The van der Waals surface area contributed by atoms with E-state index >= 15 is 0 Å². The molecule has 1 fully saturated rings. The second-order valence-electron chi connectivity index (χ2n) is 5.56. The third-order valence-electron chi connectivity index (χ3n) is 4.26. The largest absolute Gasteiger partial charge is 0.388 e. The van der Waals surface area contributed by atoms with Crippen LogP contribution in [0.3, 0.4) is 0 Å². The molecule has 0 bridgehead atoms. The van der Waals surface area contributed by atoms with Crippen LogP contribution in [0.15, 0.2) is 18.2 Å². The highest BCUT2D eigenvalue weighted by Crippen LogP contribution is 2.42. The van der Waals surface area contributed by atoms with Gasteiger partial charge in [-0.15, -0.1) is 0 Å².